The number of carbonyl (C=O) groups excluding carboxylic acids is 1. The van der Waals surface area contributed by atoms with Crippen molar-refractivity contribution in [2.75, 3.05) is 0 Å². The van der Waals surface area contributed by atoms with Gasteiger partial charge in [-0.15, -0.1) is 0 Å². The van der Waals surface area contributed by atoms with E-state index in [1.165, 1.54) is 5.56 Å². The van der Waals surface area contributed by atoms with Crippen LogP contribution in [0, 0.1) is 6.92 Å². The quantitative estimate of drug-likeness (QED) is 0.819. The number of furan rings is 1. The molecule has 2 aliphatic heterocycles. The third kappa shape index (κ3) is 2.29. The summed E-state index contributed by atoms with van der Waals surface area (Å²) in [6.45, 7) is 2.06. The van der Waals surface area contributed by atoms with Gasteiger partial charge in [-0.2, -0.15) is 5.10 Å². The number of amides is 1. The first-order chi connectivity index (χ1) is 10.6. The molecule has 2 aromatic heterocycles. The molecule has 2 saturated heterocycles. The number of hydrogen-bond acceptors (Lipinski definition) is 3. The molecule has 0 saturated carbocycles. The Labute approximate surface area is 137 Å². The lowest BCUT2D eigenvalue weighted by Gasteiger charge is -2.38. The molecular formula is C16H18BrN3O2. The number of aryl methyl sites for hydroxylation is 1. The van der Waals surface area contributed by atoms with Gasteiger partial charge in [0.05, 0.1) is 12.2 Å². The van der Waals surface area contributed by atoms with Gasteiger partial charge in [-0.1, -0.05) is 0 Å². The highest BCUT2D eigenvalue weighted by atomic mass is 79.9. The standard InChI is InChI=1S/C16H18BrN3O2/c1-10-8-18-19(9-10)13-6-11-2-3-12(7-13)20(11)16(21)14-4-5-15(17)22-14/h4-5,8-9,11-13H,2-3,6-7H2,1H3. The molecule has 0 aliphatic carbocycles. The van der Waals surface area contributed by atoms with E-state index in [-0.39, 0.29) is 5.91 Å². The van der Waals surface area contributed by atoms with Crippen LogP contribution < -0.4 is 0 Å². The SMILES string of the molecule is Cc1cnn(C2CC3CCC(C2)N3C(=O)c2ccc(Br)o2)c1. The lowest BCUT2D eigenvalue weighted by Crippen LogP contribution is -2.46. The zero-order chi connectivity index (χ0) is 15.3. The summed E-state index contributed by atoms with van der Waals surface area (Å²) in [6.07, 6.45) is 8.12. The van der Waals surface area contributed by atoms with E-state index in [0.717, 1.165) is 25.7 Å². The number of piperidine rings is 1. The number of fused-ring (bicyclic) bond motifs is 2. The van der Waals surface area contributed by atoms with Crippen molar-refractivity contribution in [1.82, 2.24) is 14.7 Å². The van der Waals surface area contributed by atoms with E-state index in [2.05, 4.69) is 38.8 Å². The number of hydrogen-bond donors (Lipinski definition) is 0. The van der Waals surface area contributed by atoms with Crippen LogP contribution >= 0.6 is 15.9 Å². The Kier molecular flexibility index (Phi) is 3.36. The van der Waals surface area contributed by atoms with E-state index >= 15 is 0 Å². The smallest absolute Gasteiger partial charge is 0.290 e. The van der Waals surface area contributed by atoms with Gasteiger partial charge in [-0.05, 0) is 66.2 Å². The van der Waals surface area contributed by atoms with Crippen molar-refractivity contribution in [2.45, 2.75) is 50.7 Å². The van der Waals surface area contributed by atoms with E-state index in [1.54, 1.807) is 12.1 Å². The van der Waals surface area contributed by atoms with Gasteiger partial charge in [0, 0.05) is 18.3 Å². The van der Waals surface area contributed by atoms with Crippen LogP contribution in [0.25, 0.3) is 0 Å². The highest BCUT2D eigenvalue weighted by molar-refractivity contribution is 9.10. The number of halogens is 1. The number of aromatic nitrogens is 2. The van der Waals surface area contributed by atoms with E-state index in [4.69, 9.17) is 4.42 Å². The van der Waals surface area contributed by atoms with Crippen molar-refractivity contribution >= 4 is 21.8 Å². The summed E-state index contributed by atoms with van der Waals surface area (Å²) < 4.78 is 8.12. The van der Waals surface area contributed by atoms with Gasteiger partial charge in [-0.3, -0.25) is 9.48 Å². The molecule has 5 nitrogen and oxygen atoms in total. The van der Waals surface area contributed by atoms with Gasteiger partial charge >= 0.3 is 0 Å². The highest BCUT2D eigenvalue weighted by Gasteiger charge is 2.44. The van der Waals surface area contributed by atoms with Crippen molar-refractivity contribution < 1.29 is 9.21 Å². The number of rotatable bonds is 2. The fourth-order valence-corrected chi connectivity index (χ4v) is 4.19. The molecule has 116 valence electrons. The molecule has 2 unspecified atom stereocenters. The zero-order valence-electron chi connectivity index (χ0n) is 12.4. The maximum atomic E-state index is 12.7. The summed E-state index contributed by atoms with van der Waals surface area (Å²) in [5, 5.41) is 4.46. The van der Waals surface area contributed by atoms with Crippen molar-refractivity contribution in [3.63, 3.8) is 0 Å². The van der Waals surface area contributed by atoms with Gasteiger partial charge in [0.1, 0.15) is 0 Å². The molecular weight excluding hydrogens is 346 g/mol. The molecule has 6 heteroatoms. The van der Waals surface area contributed by atoms with Gasteiger partial charge in [-0.25, -0.2) is 0 Å². The second kappa shape index (κ2) is 5.26. The summed E-state index contributed by atoms with van der Waals surface area (Å²) in [5.74, 6) is 0.449. The largest absolute Gasteiger partial charge is 0.444 e. The summed E-state index contributed by atoms with van der Waals surface area (Å²) in [6, 6.07) is 4.51. The van der Waals surface area contributed by atoms with E-state index in [0.29, 0.717) is 28.6 Å². The summed E-state index contributed by atoms with van der Waals surface area (Å²) in [4.78, 5) is 14.7. The van der Waals surface area contributed by atoms with Crippen molar-refractivity contribution in [3.8, 4) is 0 Å². The summed E-state index contributed by atoms with van der Waals surface area (Å²) >= 11 is 3.26. The Morgan fingerprint density at radius 2 is 2.00 bits per heavy atom. The first-order valence-corrected chi connectivity index (χ1v) is 8.50. The van der Waals surface area contributed by atoms with Gasteiger partial charge in [0.2, 0.25) is 0 Å². The predicted molar refractivity (Wildman–Crippen MR) is 84.6 cm³/mol. The second-order valence-corrected chi connectivity index (χ2v) is 7.11. The van der Waals surface area contributed by atoms with Crippen molar-refractivity contribution in [2.24, 2.45) is 0 Å². The molecule has 2 bridgehead atoms. The minimum atomic E-state index is 0.0216. The fourth-order valence-electron chi connectivity index (χ4n) is 3.89. The van der Waals surface area contributed by atoms with Crippen molar-refractivity contribution in [3.05, 3.63) is 40.5 Å². The van der Waals surface area contributed by atoms with E-state index in [1.807, 2.05) is 11.1 Å². The lowest BCUT2D eigenvalue weighted by molar-refractivity contribution is 0.0491. The molecule has 0 N–H and O–H groups in total. The van der Waals surface area contributed by atoms with Crippen LogP contribution in [-0.4, -0.2) is 32.7 Å². The molecule has 2 aliphatic rings. The maximum absolute atomic E-state index is 12.7. The van der Waals surface area contributed by atoms with Crippen LogP contribution in [-0.2, 0) is 0 Å². The Bertz CT molecular complexity index is 694. The molecule has 1 amide bonds. The van der Waals surface area contributed by atoms with Crippen LogP contribution in [0.5, 0.6) is 0 Å². The normalized spacial score (nSPS) is 27.4. The molecule has 2 fully saturated rings. The van der Waals surface area contributed by atoms with Gasteiger partial charge in [0.25, 0.3) is 5.91 Å². The first kappa shape index (κ1) is 14.1. The number of carbonyl (C=O) groups is 1. The highest BCUT2D eigenvalue weighted by Crippen LogP contribution is 2.41. The monoisotopic (exact) mass is 363 g/mol. The molecule has 22 heavy (non-hydrogen) atoms. The fraction of sp³-hybridized carbons (Fsp3) is 0.500. The Morgan fingerprint density at radius 3 is 2.55 bits per heavy atom. The second-order valence-electron chi connectivity index (χ2n) is 6.32. The Balaban J connectivity index is 1.55. The molecule has 2 aromatic rings. The topological polar surface area (TPSA) is 51.3 Å². The molecule has 0 spiro atoms. The van der Waals surface area contributed by atoms with Crippen molar-refractivity contribution in [1.29, 1.82) is 0 Å². The third-order valence-electron chi connectivity index (χ3n) is 4.83. The first-order valence-electron chi connectivity index (χ1n) is 7.70. The van der Waals surface area contributed by atoms with Crippen LogP contribution in [0.2, 0.25) is 0 Å². The van der Waals surface area contributed by atoms with Gasteiger partial charge in [0.15, 0.2) is 10.4 Å². The average Bonchev–Trinajstić information content (AvgIpc) is 3.17. The lowest BCUT2D eigenvalue weighted by atomic mass is 9.97. The van der Waals surface area contributed by atoms with Gasteiger partial charge < -0.3 is 9.32 Å². The zero-order valence-corrected chi connectivity index (χ0v) is 14.0. The Hall–Kier alpha value is -1.56. The van der Waals surface area contributed by atoms with Crippen LogP contribution in [0.15, 0.2) is 33.6 Å². The van der Waals surface area contributed by atoms with E-state index in [9.17, 15) is 4.79 Å². The molecule has 2 atom stereocenters. The minimum Gasteiger partial charge on any atom is -0.444 e. The van der Waals surface area contributed by atoms with Crippen LogP contribution in [0.3, 0.4) is 0 Å². The summed E-state index contributed by atoms with van der Waals surface area (Å²) in [5.41, 5.74) is 1.19. The third-order valence-corrected chi connectivity index (χ3v) is 5.26. The van der Waals surface area contributed by atoms with Crippen LogP contribution in [0.4, 0.5) is 0 Å². The predicted octanol–water partition coefficient (Wildman–Crippen LogP) is 3.56. The maximum Gasteiger partial charge on any atom is 0.290 e. The summed E-state index contributed by atoms with van der Waals surface area (Å²) in [7, 11) is 0. The van der Waals surface area contributed by atoms with Crippen LogP contribution in [0.1, 0.15) is 47.8 Å². The molecule has 4 heterocycles. The number of nitrogens with zero attached hydrogens (tertiary/aromatic N) is 3. The minimum absolute atomic E-state index is 0.0216. The average molecular weight is 364 g/mol. The molecule has 0 aromatic carbocycles. The molecule has 0 radical (unpaired) electrons. The van der Waals surface area contributed by atoms with E-state index < -0.39 is 0 Å². The molecule has 4 rings (SSSR count). The Morgan fingerprint density at radius 1 is 1.27 bits per heavy atom.